The molecule has 0 unspecified atom stereocenters. The summed E-state index contributed by atoms with van der Waals surface area (Å²) >= 11 is 0. The lowest BCUT2D eigenvalue weighted by atomic mass is 10.2. The summed E-state index contributed by atoms with van der Waals surface area (Å²) in [6.07, 6.45) is 8.50. The largest absolute Gasteiger partial charge is 0.344 e. The number of urea groups is 1. The number of hydrogen-bond donors (Lipinski definition) is 2. The van der Waals surface area contributed by atoms with Gasteiger partial charge in [0.15, 0.2) is 0 Å². The van der Waals surface area contributed by atoms with E-state index in [0.29, 0.717) is 12.6 Å². The molecule has 0 spiro atoms. The number of carbonyl (C=O) groups is 1. The molecule has 2 amide bonds. The van der Waals surface area contributed by atoms with Gasteiger partial charge in [-0.05, 0) is 26.2 Å². The number of aromatic amines is 1. The van der Waals surface area contributed by atoms with Gasteiger partial charge in [-0.1, -0.05) is 6.92 Å². The number of carbonyl (C=O) groups excluding carboxylic acids is 1. The van der Waals surface area contributed by atoms with Crippen molar-refractivity contribution in [2.75, 3.05) is 0 Å². The van der Waals surface area contributed by atoms with Crippen molar-refractivity contribution in [1.29, 1.82) is 0 Å². The number of amides is 2. The lowest BCUT2D eigenvalue weighted by Gasteiger charge is -2.25. The first-order valence-electron chi connectivity index (χ1n) is 8.13. The van der Waals surface area contributed by atoms with Crippen LogP contribution in [0, 0.1) is 6.92 Å². The molecule has 2 aromatic rings. The van der Waals surface area contributed by atoms with Gasteiger partial charge in [-0.3, -0.25) is 4.68 Å². The molecule has 0 bridgehead atoms. The third kappa shape index (κ3) is 3.72. The van der Waals surface area contributed by atoms with Gasteiger partial charge in [0.25, 0.3) is 0 Å². The minimum absolute atomic E-state index is 0.0303. The summed E-state index contributed by atoms with van der Waals surface area (Å²) in [6.45, 7) is 4.60. The number of hydrogen-bond acceptors (Lipinski definition) is 3. The molecule has 0 radical (unpaired) electrons. The van der Waals surface area contributed by atoms with Crippen molar-refractivity contribution in [2.24, 2.45) is 7.05 Å². The molecule has 0 aliphatic heterocycles. The maximum absolute atomic E-state index is 12.7. The van der Waals surface area contributed by atoms with Crippen LogP contribution in [0.4, 0.5) is 4.79 Å². The Bertz CT molecular complexity index is 672. The molecule has 2 aromatic heterocycles. The molecule has 1 atom stereocenters. The lowest BCUT2D eigenvalue weighted by Crippen LogP contribution is -2.42. The molecule has 1 saturated carbocycles. The molecule has 0 aromatic carbocycles. The van der Waals surface area contributed by atoms with Crippen LogP contribution in [-0.4, -0.2) is 36.7 Å². The minimum atomic E-state index is -0.0913. The Morgan fingerprint density at radius 1 is 1.52 bits per heavy atom. The van der Waals surface area contributed by atoms with Crippen molar-refractivity contribution in [3.05, 3.63) is 35.7 Å². The molecular weight excluding hydrogens is 292 g/mol. The summed E-state index contributed by atoms with van der Waals surface area (Å²) in [4.78, 5) is 22.2. The van der Waals surface area contributed by atoms with Gasteiger partial charge in [-0.2, -0.15) is 5.10 Å². The van der Waals surface area contributed by atoms with Crippen LogP contribution in [0.1, 0.15) is 49.3 Å². The summed E-state index contributed by atoms with van der Waals surface area (Å²) in [5, 5.41) is 7.29. The zero-order valence-electron chi connectivity index (χ0n) is 13.9. The average Bonchev–Trinajstić information content (AvgIpc) is 3.15. The number of aromatic nitrogens is 4. The van der Waals surface area contributed by atoms with E-state index in [1.54, 1.807) is 10.9 Å². The van der Waals surface area contributed by atoms with Gasteiger partial charge in [-0.15, -0.1) is 0 Å². The van der Waals surface area contributed by atoms with Crippen LogP contribution in [0.2, 0.25) is 0 Å². The predicted octanol–water partition coefficient (Wildman–Crippen LogP) is 2.28. The second-order valence-corrected chi connectivity index (χ2v) is 6.24. The fraction of sp³-hybridized carbons (Fsp3) is 0.562. The third-order valence-electron chi connectivity index (χ3n) is 4.12. The van der Waals surface area contributed by atoms with Crippen LogP contribution in [0.5, 0.6) is 0 Å². The molecule has 0 saturated heterocycles. The maximum Gasteiger partial charge on any atom is 0.318 e. The molecule has 1 aliphatic rings. The highest BCUT2D eigenvalue weighted by molar-refractivity contribution is 5.75. The maximum atomic E-state index is 12.7. The zero-order chi connectivity index (χ0) is 16.4. The van der Waals surface area contributed by atoms with E-state index in [9.17, 15) is 4.79 Å². The SMILES string of the molecule is CC[C@H](NC(=O)N(Cc1cnn(C)c1)C1CC1)c1ncc(C)[nH]1. The number of H-pyrrole nitrogens is 1. The summed E-state index contributed by atoms with van der Waals surface area (Å²) in [5.74, 6) is 0.815. The summed E-state index contributed by atoms with van der Waals surface area (Å²) in [5.41, 5.74) is 2.05. The second kappa shape index (κ2) is 6.44. The van der Waals surface area contributed by atoms with Crippen LogP contribution < -0.4 is 5.32 Å². The average molecular weight is 316 g/mol. The highest BCUT2D eigenvalue weighted by Crippen LogP contribution is 2.29. The molecule has 124 valence electrons. The quantitative estimate of drug-likeness (QED) is 0.858. The topological polar surface area (TPSA) is 78.8 Å². The summed E-state index contributed by atoms with van der Waals surface area (Å²) in [6, 6.07) is 0.217. The monoisotopic (exact) mass is 316 g/mol. The minimum Gasteiger partial charge on any atom is -0.344 e. The van der Waals surface area contributed by atoms with Crippen LogP contribution in [0.3, 0.4) is 0 Å². The van der Waals surface area contributed by atoms with Crippen LogP contribution in [0.25, 0.3) is 0 Å². The second-order valence-electron chi connectivity index (χ2n) is 6.24. The van der Waals surface area contributed by atoms with Crippen molar-refractivity contribution in [3.63, 3.8) is 0 Å². The molecule has 2 N–H and O–H groups in total. The van der Waals surface area contributed by atoms with E-state index in [1.807, 2.05) is 38.2 Å². The van der Waals surface area contributed by atoms with E-state index >= 15 is 0 Å². The molecule has 23 heavy (non-hydrogen) atoms. The van der Waals surface area contributed by atoms with Gasteiger partial charge in [0, 0.05) is 36.7 Å². The summed E-state index contributed by atoms with van der Waals surface area (Å²) < 4.78 is 1.76. The van der Waals surface area contributed by atoms with Crippen LogP contribution in [0.15, 0.2) is 18.6 Å². The number of nitrogens with one attached hydrogen (secondary N) is 2. The van der Waals surface area contributed by atoms with Crippen LogP contribution >= 0.6 is 0 Å². The number of nitrogens with zero attached hydrogens (tertiary/aromatic N) is 4. The fourth-order valence-corrected chi connectivity index (χ4v) is 2.71. The summed E-state index contributed by atoms with van der Waals surface area (Å²) in [7, 11) is 1.89. The van der Waals surface area contributed by atoms with Gasteiger partial charge in [-0.25, -0.2) is 9.78 Å². The standard InChI is InChI=1S/C16H24N6O/c1-4-14(15-17-7-11(2)19-15)20-16(23)22(13-5-6-13)10-12-8-18-21(3)9-12/h7-9,13-14H,4-6,10H2,1-3H3,(H,17,19)(H,20,23)/t14-/m0/s1. The molecule has 1 fully saturated rings. The van der Waals surface area contributed by atoms with Crippen molar-refractivity contribution in [3.8, 4) is 0 Å². The number of aryl methyl sites for hydroxylation is 2. The van der Waals surface area contributed by atoms with Gasteiger partial charge in [0.1, 0.15) is 5.82 Å². The Morgan fingerprint density at radius 2 is 2.30 bits per heavy atom. The van der Waals surface area contributed by atoms with E-state index in [0.717, 1.165) is 36.3 Å². The number of rotatable bonds is 6. The molecule has 2 heterocycles. The van der Waals surface area contributed by atoms with Crippen molar-refractivity contribution >= 4 is 6.03 Å². The van der Waals surface area contributed by atoms with E-state index in [2.05, 4.69) is 20.4 Å². The smallest absolute Gasteiger partial charge is 0.318 e. The lowest BCUT2D eigenvalue weighted by molar-refractivity contribution is 0.187. The highest BCUT2D eigenvalue weighted by atomic mass is 16.2. The fourth-order valence-electron chi connectivity index (χ4n) is 2.71. The zero-order valence-corrected chi connectivity index (χ0v) is 13.9. The Labute approximate surface area is 136 Å². The molecule has 1 aliphatic carbocycles. The Kier molecular flexibility index (Phi) is 4.36. The molecule has 7 heteroatoms. The van der Waals surface area contributed by atoms with Gasteiger partial charge in [0.2, 0.25) is 0 Å². The highest BCUT2D eigenvalue weighted by Gasteiger charge is 2.33. The van der Waals surface area contributed by atoms with E-state index in [-0.39, 0.29) is 12.1 Å². The van der Waals surface area contributed by atoms with Gasteiger partial charge in [0.05, 0.1) is 18.8 Å². The molecule has 3 rings (SSSR count). The van der Waals surface area contributed by atoms with E-state index in [1.165, 1.54) is 0 Å². The van der Waals surface area contributed by atoms with Crippen molar-refractivity contribution < 1.29 is 4.79 Å². The first kappa shape index (κ1) is 15.6. The predicted molar refractivity (Wildman–Crippen MR) is 86.7 cm³/mol. The Morgan fingerprint density at radius 3 is 2.83 bits per heavy atom. The molecule has 7 nitrogen and oxygen atoms in total. The first-order valence-corrected chi connectivity index (χ1v) is 8.13. The Balaban J connectivity index is 1.68. The van der Waals surface area contributed by atoms with Gasteiger partial charge >= 0.3 is 6.03 Å². The van der Waals surface area contributed by atoms with Crippen molar-refractivity contribution in [1.82, 2.24) is 30.0 Å². The van der Waals surface area contributed by atoms with E-state index in [4.69, 9.17) is 0 Å². The first-order chi connectivity index (χ1) is 11.1. The van der Waals surface area contributed by atoms with Crippen LogP contribution in [-0.2, 0) is 13.6 Å². The third-order valence-corrected chi connectivity index (χ3v) is 4.12. The normalized spacial score (nSPS) is 15.4. The van der Waals surface area contributed by atoms with Crippen molar-refractivity contribution in [2.45, 2.75) is 51.7 Å². The molecular formula is C16H24N6O. The van der Waals surface area contributed by atoms with Gasteiger partial charge < -0.3 is 15.2 Å². The Hall–Kier alpha value is -2.31. The van der Waals surface area contributed by atoms with E-state index < -0.39 is 0 Å². The number of imidazole rings is 1.